The smallest absolute Gasteiger partial charge is 0.197 e. The number of aliphatic hydroxyl groups is 6. The van der Waals surface area contributed by atoms with Gasteiger partial charge in [-0.3, -0.25) is 4.79 Å². The lowest BCUT2D eigenvalue weighted by Gasteiger charge is -2.38. The van der Waals surface area contributed by atoms with Gasteiger partial charge in [0.2, 0.25) is 0 Å². The number of fused-ring (bicyclic) bond motifs is 1. The number of ether oxygens (including phenoxy) is 3. The van der Waals surface area contributed by atoms with E-state index >= 15 is 0 Å². The zero-order chi connectivity index (χ0) is 29.0. The summed E-state index contributed by atoms with van der Waals surface area (Å²) in [6.45, 7) is -0.995. The number of hydrogen-bond donors (Lipinski definition) is 9. The second-order valence-electron chi connectivity index (χ2n) is 9.70. The Morgan fingerprint density at radius 3 is 1.93 bits per heavy atom. The van der Waals surface area contributed by atoms with E-state index in [4.69, 9.17) is 18.6 Å². The monoisotopic (exact) mass is 564 g/mol. The Morgan fingerprint density at radius 2 is 1.35 bits per heavy atom. The second-order valence-corrected chi connectivity index (χ2v) is 9.70. The molecule has 2 aliphatic rings. The summed E-state index contributed by atoms with van der Waals surface area (Å²) in [5.74, 6) is -2.00. The lowest BCUT2D eigenvalue weighted by Crippen LogP contribution is -2.49. The van der Waals surface area contributed by atoms with E-state index in [0.29, 0.717) is 0 Å². The van der Waals surface area contributed by atoms with E-state index in [0.717, 1.165) is 6.07 Å². The summed E-state index contributed by atoms with van der Waals surface area (Å²) in [7, 11) is 1.31. The quantitative estimate of drug-likeness (QED) is 0.183. The van der Waals surface area contributed by atoms with Gasteiger partial charge in [-0.1, -0.05) is 0 Å². The van der Waals surface area contributed by atoms with Crippen LogP contribution in [-0.4, -0.2) is 103 Å². The number of aromatic hydroxyl groups is 3. The van der Waals surface area contributed by atoms with E-state index in [1.165, 1.54) is 25.3 Å². The molecule has 0 saturated carbocycles. The average molecular weight is 564 g/mol. The number of phenols is 3. The highest BCUT2D eigenvalue weighted by atomic mass is 16.5. The third kappa shape index (κ3) is 4.44. The summed E-state index contributed by atoms with van der Waals surface area (Å²) >= 11 is 0. The fourth-order valence-electron chi connectivity index (χ4n) is 5.03. The second kappa shape index (κ2) is 10.5. The molecule has 0 amide bonds. The third-order valence-electron chi connectivity index (χ3n) is 7.23. The lowest BCUT2D eigenvalue weighted by molar-refractivity contribution is -0.191. The fraction of sp³-hybridized carbons (Fsp3) is 0.423. The van der Waals surface area contributed by atoms with Crippen LogP contribution in [0.1, 0.15) is 23.3 Å². The van der Waals surface area contributed by atoms with Gasteiger partial charge in [-0.05, 0) is 18.2 Å². The summed E-state index contributed by atoms with van der Waals surface area (Å²) in [6, 6.07) is 5.05. The van der Waals surface area contributed by atoms with Crippen molar-refractivity contribution in [2.24, 2.45) is 0 Å². The number of rotatable bonds is 4. The summed E-state index contributed by atoms with van der Waals surface area (Å²) < 4.78 is 22.0. The first-order chi connectivity index (χ1) is 19.0. The highest BCUT2D eigenvalue weighted by molar-refractivity contribution is 5.92. The Bertz CT molecular complexity index is 1480. The average Bonchev–Trinajstić information content (AvgIpc) is 2.92. The summed E-state index contributed by atoms with van der Waals surface area (Å²) in [6.07, 6.45) is -13.5. The van der Waals surface area contributed by atoms with E-state index in [1.54, 1.807) is 0 Å². The maximum Gasteiger partial charge on any atom is 0.197 e. The van der Waals surface area contributed by atoms with Crippen molar-refractivity contribution in [1.29, 1.82) is 0 Å². The Hall–Kier alpha value is -3.47. The summed E-state index contributed by atoms with van der Waals surface area (Å²) in [4.78, 5) is 13.4. The predicted molar refractivity (Wildman–Crippen MR) is 133 cm³/mol. The number of phenolic OH excluding ortho intramolecular Hbond substituents is 3. The Balaban J connectivity index is 1.80. The van der Waals surface area contributed by atoms with Crippen LogP contribution in [0.2, 0.25) is 0 Å². The van der Waals surface area contributed by atoms with Gasteiger partial charge in [0.1, 0.15) is 71.5 Å². The maximum absolute atomic E-state index is 13.4. The maximum atomic E-state index is 13.4. The van der Waals surface area contributed by atoms with Crippen molar-refractivity contribution in [3.63, 3.8) is 0 Å². The van der Waals surface area contributed by atoms with E-state index < -0.39 is 101 Å². The molecule has 3 aromatic rings. The van der Waals surface area contributed by atoms with Gasteiger partial charge < -0.3 is 64.6 Å². The van der Waals surface area contributed by atoms with Gasteiger partial charge in [0, 0.05) is 11.6 Å². The van der Waals surface area contributed by atoms with Crippen molar-refractivity contribution in [1.82, 2.24) is 0 Å². The number of methoxy groups -OCH3 is 1. The molecule has 9 N–H and O–H groups in total. The minimum Gasteiger partial charge on any atom is -0.507 e. The molecule has 8 atom stereocenters. The fourth-order valence-corrected chi connectivity index (χ4v) is 5.03. The van der Waals surface area contributed by atoms with E-state index in [2.05, 4.69) is 0 Å². The van der Waals surface area contributed by atoms with Crippen LogP contribution in [0.4, 0.5) is 0 Å². The molecule has 40 heavy (non-hydrogen) atoms. The summed E-state index contributed by atoms with van der Waals surface area (Å²) in [5, 5.41) is 93.8. The van der Waals surface area contributed by atoms with Crippen LogP contribution in [0.5, 0.6) is 23.0 Å². The summed E-state index contributed by atoms with van der Waals surface area (Å²) in [5.41, 5.74) is -2.07. The van der Waals surface area contributed by atoms with Crippen molar-refractivity contribution < 1.29 is 64.6 Å². The van der Waals surface area contributed by atoms with Crippen molar-refractivity contribution in [2.45, 2.75) is 48.8 Å². The molecule has 2 saturated heterocycles. The topological polar surface area (TPSA) is 240 Å². The van der Waals surface area contributed by atoms with Gasteiger partial charge in [0.15, 0.2) is 22.5 Å². The van der Waals surface area contributed by atoms with E-state index in [-0.39, 0.29) is 22.8 Å². The normalized spacial score (nSPS) is 30.9. The molecular formula is C26H28O14. The van der Waals surface area contributed by atoms with Gasteiger partial charge in [0.25, 0.3) is 0 Å². The minimum atomic E-state index is -1.87. The number of aliphatic hydroxyl groups excluding tert-OH is 6. The standard InChI is InChI=1S/C26H28O14/c1-37-14-4-8(2-3-9(14)27)13-5-10(28)15-20(33)16(25-22(35)18(31)11(29)6-38-25)21(34)17(24(15)40-13)26-23(36)19(32)12(30)7-39-26/h2-5,11-12,18-19,22-23,25-27,29-36H,6-7H2,1H3. The lowest BCUT2D eigenvalue weighted by atomic mass is 9.87. The molecule has 2 aliphatic heterocycles. The number of benzene rings is 2. The molecule has 0 bridgehead atoms. The molecule has 0 spiro atoms. The molecule has 2 fully saturated rings. The van der Waals surface area contributed by atoms with Crippen molar-refractivity contribution in [3.8, 4) is 34.3 Å². The minimum absolute atomic E-state index is 0.0498. The van der Waals surface area contributed by atoms with E-state index in [9.17, 15) is 50.8 Å². The molecule has 216 valence electrons. The molecule has 14 nitrogen and oxygen atoms in total. The molecule has 2 aromatic carbocycles. The molecule has 14 heteroatoms. The largest absolute Gasteiger partial charge is 0.507 e. The highest BCUT2D eigenvalue weighted by Crippen LogP contribution is 2.50. The molecular weight excluding hydrogens is 536 g/mol. The highest BCUT2D eigenvalue weighted by Gasteiger charge is 2.46. The Labute approximate surface area is 225 Å². The molecule has 0 radical (unpaired) electrons. The SMILES string of the molecule is COc1cc(-c2cc(=O)c3c(O)c(C4OCC(O)C(O)C4O)c(O)c(C4OCC(O)C(O)C4O)c3o2)ccc1O. The van der Waals surface area contributed by atoms with Gasteiger partial charge in [-0.15, -0.1) is 0 Å². The van der Waals surface area contributed by atoms with Crippen LogP contribution in [0.15, 0.2) is 33.5 Å². The van der Waals surface area contributed by atoms with Crippen LogP contribution in [0.25, 0.3) is 22.3 Å². The molecule has 5 rings (SSSR count). The predicted octanol–water partition coefficient (Wildman–Crippen LogP) is -1.11. The number of hydrogen-bond acceptors (Lipinski definition) is 14. The van der Waals surface area contributed by atoms with Crippen LogP contribution in [0, 0.1) is 0 Å². The van der Waals surface area contributed by atoms with Crippen LogP contribution < -0.4 is 10.2 Å². The molecule has 0 aliphatic carbocycles. The Kier molecular flexibility index (Phi) is 7.37. The first-order valence-corrected chi connectivity index (χ1v) is 12.2. The van der Waals surface area contributed by atoms with Crippen LogP contribution >= 0.6 is 0 Å². The molecule has 8 unspecified atom stereocenters. The van der Waals surface area contributed by atoms with Crippen molar-refractivity contribution in [3.05, 3.63) is 45.6 Å². The van der Waals surface area contributed by atoms with Gasteiger partial charge in [0.05, 0.1) is 31.5 Å². The molecule has 1 aromatic heterocycles. The zero-order valence-electron chi connectivity index (χ0n) is 20.9. The Morgan fingerprint density at radius 1 is 0.775 bits per heavy atom. The van der Waals surface area contributed by atoms with Gasteiger partial charge >= 0.3 is 0 Å². The van der Waals surface area contributed by atoms with E-state index in [1.807, 2.05) is 0 Å². The van der Waals surface area contributed by atoms with Crippen molar-refractivity contribution >= 4 is 11.0 Å². The van der Waals surface area contributed by atoms with Gasteiger partial charge in [-0.2, -0.15) is 0 Å². The van der Waals surface area contributed by atoms with Crippen LogP contribution in [-0.2, 0) is 9.47 Å². The zero-order valence-corrected chi connectivity index (χ0v) is 20.9. The molecule has 3 heterocycles. The van der Waals surface area contributed by atoms with Crippen molar-refractivity contribution in [2.75, 3.05) is 20.3 Å². The van der Waals surface area contributed by atoms with Gasteiger partial charge in [-0.25, -0.2) is 0 Å². The first kappa shape index (κ1) is 28.1. The third-order valence-corrected chi connectivity index (χ3v) is 7.23. The first-order valence-electron chi connectivity index (χ1n) is 12.2. The van der Waals surface area contributed by atoms with Crippen LogP contribution in [0.3, 0.4) is 0 Å².